The van der Waals surface area contributed by atoms with Gasteiger partial charge in [-0.25, -0.2) is 4.99 Å². The summed E-state index contributed by atoms with van der Waals surface area (Å²) in [5.74, 6) is 0. The third-order valence-corrected chi connectivity index (χ3v) is 3.11. The number of rotatable bonds is 0. The first-order chi connectivity index (χ1) is 4.88. The highest BCUT2D eigenvalue weighted by molar-refractivity contribution is 8.12. The van der Waals surface area contributed by atoms with Gasteiger partial charge in [-0.3, -0.25) is 0 Å². The number of hydrogen-bond acceptors (Lipinski definition) is 4. The lowest BCUT2D eigenvalue weighted by Gasteiger charge is -2.09. The van der Waals surface area contributed by atoms with Crippen LogP contribution in [0.15, 0.2) is 16.4 Å². The molecule has 2 heterocycles. The van der Waals surface area contributed by atoms with E-state index in [1.54, 1.807) is 16.9 Å². The molecule has 0 radical (unpaired) electrons. The van der Waals surface area contributed by atoms with Crippen LogP contribution in [0.4, 0.5) is 5.69 Å². The van der Waals surface area contributed by atoms with Crippen molar-refractivity contribution < 1.29 is 5.11 Å². The molecule has 0 bridgehead atoms. The summed E-state index contributed by atoms with van der Waals surface area (Å²) in [7, 11) is 0. The zero-order valence-corrected chi connectivity index (χ0v) is 6.65. The van der Waals surface area contributed by atoms with Gasteiger partial charge in [0.1, 0.15) is 5.44 Å². The number of thioether (sulfide) groups is 1. The summed E-state index contributed by atoms with van der Waals surface area (Å²) < 4.78 is 0. The van der Waals surface area contributed by atoms with Crippen LogP contribution in [0.5, 0.6) is 0 Å². The van der Waals surface area contributed by atoms with Crippen molar-refractivity contribution in [1.82, 2.24) is 0 Å². The number of nitrogens with zero attached hydrogens (tertiary/aromatic N) is 1. The van der Waals surface area contributed by atoms with Crippen LogP contribution in [0.1, 0.15) is 10.3 Å². The molecular weight excluding hydrogens is 166 g/mol. The molecule has 2 rings (SSSR count). The van der Waals surface area contributed by atoms with E-state index in [2.05, 4.69) is 4.99 Å². The van der Waals surface area contributed by atoms with E-state index < -0.39 is 5.44 Å². The summed E-state index contributed by atoms with van der Waals surface area (Å²) in [5.41, 5.74) is 2.20. The van der Waals surface area contributed by atoms with Gasteiger partial charge < -0.3 is 5.11 Å². The molecule has 0 aliphatic carbocycles. The number of aliphatic imine (C=N–C) groups is 1. The molecule has 2 nitrogen and oxygen atoms in total. The highest BCUT2D eigenvalue weighted by atomic mass is 32.2. The minimum atomic E-state index is -0.396. The highest BCUT2D eigenvalue weighted by Crippen LogP contribution is 2.39. The fourth-order valence-electron chi connectivity index (χ4n) is 0.812. The van der Waals surface area contributed by atoms with Crippen LogP contribution in [0.25, 0.3) is 0 Å². The van der Waals surface area contributed by atoms with E-state index in [4.69, 9.17) is 0 Å². The predicted octanol–water partition coefficient (Wildman–Crippen LogP) is 2.15. The predicted molar refractivity (Wildman–Crippen MR) is 45.0 cm³/mol. The van der Waals surface area contributed by atoms with E-state index in [0.29, 0.717) is 0 Å². The van der Waals surface area contributed by atoms with Gasteiger partial charge in [0.25, 0.3) is 0 Å². The van der Waals surface area contributed by atoms with Crippen molar-refractivity contribution in [2.45, 2.75) is 5.44 Å². The SMILES string of the molecule is OC1SC=Nc2ccsc21. The first kappa shape index (κ1) is 6.39. The van der Waals surface area contributed by atoms with Gasteiger partial charge in [-0.2, -0.15) is 0 Å². The van der Waals surface area contributed by atoms with Crippen LogP contribution >= 0.6 is 23.1 Å². The Morgan fingerprint density at radius 2 is 2.50 bits per heavy atom. The minimum absolute atomic E-state index is 0.396. The number of thiophene rings is 1. The van der Waals surface area contributed by atoms with Gasteiger partial charge in [0.15, 0.2) is 0 Å². The quantitative estimate of drug-likeness (QED) is 0.648. The summed E-state index contributed by atoms with van der Waals surface area (Å²) in [5, 5.41) is 11.3. The third kappa shape index (κ3) is 0.885. The van der Waals surface area contributed by atoms with E-state index in [0.717, 1.165) is 10.6 Å². The molecule has 1 atom stereocenters. The number of aliphatic hydroxyl groups is 1. The smallest absolute Gasteiger partial charge is 0.141 e. The Morgan fingerprint density at radius 1 is 1.60 bits per heavy atom. The molecule has 1 unspecified atom stereocenters. The molecule has 1 aromatic rings. The summed E-state index contributed by atoms with van der Waals surface area (Å²) in [6.45, 7) is 0. The average Bonchev–Trinajstić information content (AvgIpc) is 2.36. The minimum Gasteiger partial charge on any atom is -0.377 e. The summed E-state index contributed by atoms with van der Waals surface area (Å²) >= 11 is 2.89. The molecule has 0 saturated carbocycles. The van der Waals surface area contributed by atoms with Gasteiger partial charge in [0, 0.05) is 0 Å². The number of aliphatic hydroxyl groups excluding tert-OH is 1. The second kappa shape index (κ2) is 2.38. The van der Waals surface area contributed by atoms with E-state index in [1.807, 2.05) is 11.4 Å². The molecule has 0 fully saturated rings. The van der Waals surface area contributed by atoms with Crippen LogP contribution in [-0.4, -0.2) is 10.7 Å². The molecule has 1 aromatic heterocycles. The third-order valence-electron chi connectivity index (χ3n) is 1.28. The second-order valence-corrected chi connectivity index (χ2v) is 3.77. The molecule has 4 heteroatoms. The Bertz CT molecular complexity index is 268. The van der Waals surface area contributed by atoms with Crippen LogP contribution in [-0.2, 0) is 0 Å². The molecule has 0 spiro atoms. The molecule has 1 aliphatic rings. The van der Waals surface area contributed by atoms with Crippen LogP contribution < -0.4 is 0 Å². The van der Waals surface area contributed by atoms with Crippen LogP contribution in [0.2, 0.25) is 0 Å². The van der Waals surface area contributed by atoms with Crippen molar-refractivity contribution in [2.24, 2.45) is 4.99 Å². The maximum Gasteiger partial charge on any atom is 0.141 e. The van der Waals surface area contributed by atoms with Crippen molar-refractivity contribution in [3.8, 4) is 0 Å². The van der Waals surface area contributed by atoms with Gasteiger partial charge in [-0.1, -0.05) is 11.8 Å². The summed E-state index contributed by atoms with van der Waals surface area (Å²) in [6.07, 6.45) is 0. The van der Waals surface area contributed by atoms with E-state index in [1.165, 1.54) is 11.8 Å². The van der Waals surface area contributed by atoms with Crippen molar-refractivity contribution in [2.75, 3.05) is 0 Å². The van der Waals surface area contributed by atoms with Gasteiger partial charge in [-0.15, -0.1) is 11.3 Å². The molecular formula is C6H5NOS2. The van der Waals surface area contributed by atoms with Gasteiger partial charge >= 0.3 is 0 Å². The number of fused-ring (bicyclic) bond motifs is 1. The standard InChI is InChI=1S/C6H5NOS2/c8-6-5-4(1-2-9-5)7-3-10-6/h1-3,6,8H. The van der Waals surface area contributed by atoms with Crippen molar-refractivity contribution in [3.05, 3.63) is 16.3 Å². The number of hydrogen-bond donors (Lipinski definition) is 1. The molecule has 1 N–H and O–H groups in total. The fraction of sp³-hybridized carbons (Fsp3) is 0.167. The average molecular weight is 171 g/mol. The fourth-order valence-corrected chi connectivity index (χ4v) is 2.38. The van der Waals surface area contributed by atoms with Gasteiger partial charge in [-0.05, 0) is 11.4 Å². The van der Waals surface area contributed by atoms with E-state index in [-0.39, 0.29) is 0 Å². The Labute approximate surface area is 66.6 Å². The lowest BCUT2D eigenvalue weighted by atomic mass is 10.4. The van der Waals surface area contributed by atoms with Crippen molar-refractivity contribution in [3.63, 3.8) is 0 Å². The maximum atomic E-state index is 9.33. The highest BCUT2D eigenvalue weighted by Gasteiger charge is 2.16. The van der Waals surface area contributed by atoms with E-state index in [9.17, 15) is 5.11 Å². The topological polar surface area (TPSA) is 32.6 Å². The first-order valence-corrected chi connectivity index (χ1v) is 4.63. The van der Waals surface area contributed by atoms with Crippen molar-refractivity contribution in [1.29, 1.82) is 0 Å². The maximum absolute atomic E-state index is 9.33. The first-order valence-electron chi connectivity index (χ1n) is 2.81. The lowest BCUT2D eigenvalue weighted by Crippen LogP contribution is -1.91. The van der Waals surface area contributed by atoms with Crippen LogP contribution in [0.3, 0.4) is 0 Å². The molecule has 10 heavy (non-hydrogen) atoms. The monoisotopic (exact) mass is 171 g/mol. The summed E-state index contributed by atoms with van der Waals surface area (Å²) in [4.78, 5) is 5.06. The van der Waals surface area contributed by atoms with E-state index >= 15 is 0 Å². The Balaban J connectivity index is 2.52. The molecule has 52 valence electrons. The Kier molecular flexibility index (Phi) is 1.52. The zero-order valence-electron chi connectivity index (χ0n) is 5.02. The largest absolute Gasteiger partial charge is 0.377 e. The normalized spacial score (nSPS) is 22.7. The van der Waals surface area contributed by atoms with Gasteiger partial charge in [0.2, 0.25) is 0 Å². The second-order valence-electron chi connectivity index (χ2n) is 1.89. The van der Waals surface area contributed by atoms with Crippen LogP contribution in [0, 0.1) is 0 Å². The zero-order chi connectivity index (χ0) is 6.97. The molecule has 0 aromatic carbocycles. The Morgan fingerprint density at radius 3 is 3.30 bits per heavy atom. The summed E-state index contributed by atoms with van der Waals surface area (Å²) in [6, 6.07) is 1.92. The molecule has 1 aliphatic heterocycles. The Hall–Kier alpha value is -0.320. The molecule has 0 amide bonds. The lowest BCUT2D eigenvalue weighted by molar-refractivity contribution is 0.275. The van der Waals surface area contributed by atoms with Gasteiger partial charge in [0.05, 0.1) is 16.1 Å². The molecule has 0 saturated heterocycles. The van der Waals surface area contributed by atoms with Crippen molar-refractivity contribution >= 4 is 34.3 Å².